The first kappa shape index (κ1) is 13.5. The van der Waals surface area contributed by atoms with Gasteiger partial charge in [-0.3, -0.25) is 10.2 Å². The molecule has 1 rings (SSSR count). The molecule has 0 bridgehead atoms. The predicted octanol–water partition coefficient (Wildman–Crippen LogP) is 1.91. The largest absolute Gasteiger partial charge is 0.366 e. The van der Waals surface area contributed by atoms with Crippen LogP contribution in [0.2, 0.25) is 0 Å². The van der Waals surface area contributed by atoms with Crippen LogP contribution in [0.3, 0.4) is 0 Å². The fourth-order valence-corrected chi connectivity index (χ4v) is 2.12. The highest BCUT2D eigenvalue weighted by molar-refractivity contribution is 5.99. The fourth-order valence-electron chi connectivity index (χ4n) is 2.12. The number of amides is 1. The molecular weight excluding hydrogens is 214 g/mol. The van der Waals surface area contributed by atoms with E-state index in [9.17, 15) is 4.79 Å². The van der Waals surface area contributed by atoms with Gasteiger partial charge in [-0.15, -0.1) is 0 Å². The third kappa shape index (κ3) is 2.97. The molecule has 17 heavy (non-hydrogen) atoms. The summed E-state index contributed by atoms with van der Waals surface area (Å²) in [6, 6.07) is 8.15. The average molecular weight is 235 g/mol. The van der Waals surface area contributed by atoms with Crippen LogP contribution in [0.25, 0.3) is 0 Å². The van der Waals surface area contributed by atoms with E-state index in [1.165, 1.54) is 0 Å². The van der Waals surface area contributed by atoms with Crippen molar-refractivity contribution in [2.75, 3.05) is 4.90 Å². The Balaban J connectivity index is 3.23. The van der Waals surface area contributed by atoms with E-state index in [0.717, 1.165) is 5.69 Å². The number of para-hydroxylation sites is 1. The minimum Gasteiger partial charge on any atom is -0.366 e. The number of nitrogens with one attached hydrogen (secondary N) is 1. The van der Waals surface area contributed by atoms with Gasteiger partial charge < -0.3 is 4.90 Å². The summed E-state index contributed by atoms with van der Waals surface area (Å²) in [6.07, 6.45) is 0. The van der Waals surface area contributed by atoms with Gasteiger partial charge in [0.1, 0.15) is 0 Å². The molecule has 94 valence electrons. The lowest BCUT2D eigenvalue weighted by Gasteiger charge is -2.34. The Kier molecular flexibility index (Phi) is 4.52. The minimum atomic E-state index is -0.257. The maximum atomic E-state index is 11.7. The average Bonchev–Trinajstić information content (AvgIpc) is 2.28. The number of nitrogens with two attached hydrogens (primary N) is 1. The van der Waals surface area contributed by atoms with Gasteiger partial charge in [-0.2, -0.15) is 0 Å². The van der Waals surface area contributed by atoms with Gasteiger partial charge in [-0.05, 0) is 39.8 Å². The molecule has 4 nitrogen and oxygen atoms in total. The predicted molar refractivity (Wildman–Crippen MR) is 70.8 cm³/mol. The van der Waals surface area contributed by atoms with Crippen LogP contribution >= 0.6 is 0 Å². The Morgan fingerprint density at radius 3 is 2.18 bits per heavy atom. The summed E-state index contributed by atoms with van der Waals surface area (Å²) in [4.78, 5) is 13.9. The second-order valence-electron chi connectivity index (χ2n) is 4.59. The fraction of sp³-hybridized carbons (Fsp3) is 0.462. The van der Waals surface area contributed by atoms with Crippen LogP contribution in [-0.2, 0) is 0 Å². The molecule has 4 heteroatoms. The molecule has 3 N–H and O–H groups in total. The van der Waals surface area contributed by atoms with Gasteiger partial charge in [0.25, 0.3) is 5.91 Å². The summed E-state index contributed by atoms with van der Waals surface area (Å²) in [5, 5.41) is 0. The summed E-state index contributed by atoms with van der Waals surface area (Å²) >= 11 is 0. The Labute approximate surface area is 103 Å². The molecule has 0 heterocycles. The summed E-state index contributed by atoms with van der Waals surface area (Å²) in [5.41, 5.74) is 3.71. The molecule has 0 aromatic heterocycles. The monoisotopic (exact) mass is 235 g/mol. The number of hydrogen-bond donors (Lipinski definition) is 2. The van der Waals surface area contributed by atoms with Gasteiger partial charge in [0.15, 0.2) is 0 Å². The second-order valence-corrected chi connectivity index (χ2v) is 4.59. The highest BCUT2D eigenvalue weighted by Gasteiger charge is 2.19. The van der Waals surface area contributed by atoms with Gasteiger partial charge >= 0.3 is 0 Å². The number of hydrazine groups is 1. The van der Waals surface area contributed by atoms with Crippen LogP contribution in [0.15, 0.2) is 24.3 Å². The quantitative estimate of drug-likeness (QED) is 0.476. The summed E-state index contributed by atoms with van der Waals surface area (Å²) in [6.45, 7) is 8.43. The summed E-state index contributed by atoms with van der Waals surface area (Å²) < 4.78 is 0. The number of carbonyl (C=O) groups excluding carboxylic acids is 1. The van der Waals surface area contributed by atoms with Crippen LogP contribution in [0.5, 0.6) is 0 Å². The minimum absolute atomic E-state index is 0.257. The van der Waals surface area contributed by atoms with Crippen LogP contribution in [-0.4, -0.2) is 18.0 Å². The lowest BCUT2D eigenvalue weighted by Crippen LogP contribution is -2.39. The molecular formula is C13H21N3O. The molecule has 0 spiro atoms. The van der Waals surface area contributed by atoms with E-state index in [2.05, 4.69) is 38.0 Å². The molecule has 1 aromatic rings. The Morgan fingerprint density at radius 1 is 1.18 bits per heavy atom. The SMILES string of the molecule is CC(C)N(c1ccccc1C(=O)NN)C(C)C. The Hall–Kier alpha value is -1.55. The smallest absolute Gasteiger partial charge is 0.267 e. The molecule has 0 saturated carbocycles. The zero-order valence-electron chi connectivity index (χ0n) is 10.9. The van der Waals surface area contributed by atoms with Crippen LogP contribution in [0.1, 0.15) is 38.1 Å². The van der Waals surface area contributed by atoms with Crippen molar-refractivity contribution in [3.63, 3.8) is 0 Å². The van der Waals surface area contributed by atoms with Crippen molar-refractivity contribution in [2.45, 2.75) is 39.8 Å². The topological polar surface area (TPSA) is 58.4 Å². The van der Waals surface area contributed by atoms with Crippen molar-refractivity contribution in [1.29, 1.82) is 0 Å². The number of benzene rings is 1. The number of carbonyl (C=O) groups is 1. The van der Waals surface area contributed by atoms with Crippen LogP contribution in [0, 0.1) is 0 Å². The third-order valence-corrected chi connectivity index (χ3v) is 2.67. The zero-order chi connectivity index (χ0) is 13.0. The van der Waals surface area contributed by atoms with E-state index in [1.807, 2.05) is 18.2 Å². The molecule has 0 atom stereocenters. The van der Waals surface area contributed by atoms with E-state index in [-0.39, 0.29) is 5.91 Å². The molecule has 0 aliphatic carbocycles. The van der Waals surface area contributed by atoms with Crippen molar-refractivity contribution < 1.29 is 4.79 Å². The van der Waals surface area contributed by atoms with Crippen LogP contribution in [0.4, 0.5) is 5.69 Å². The standard InChI is InChI=1S/C13H21N3O/c1-9(2)16(10(3)4)12-8-6-5-7-11(12)13(17)15-14/h5-10H,14H2,1-4H3,(H,15,17). The van der Waals surface area contributed by atoms with Crippen molar-refractivity contribution in [3.05, 3.63) is 29.8 Å². The van der Waals surface area contributed by atoms with E-state index in [0.29, 0.717) is 17.6 Å². The second kappa shape index (κ2) is 5.68. The molecule has 1 amide bonds. The van der Waals surface area contributed by atoms with Crippen molar-refractivity contribution in [1.82, 2.24) is 5.43 Å². The molecule has 0 unspecified atom stereocenters. The Bertz CT molecular complexity index is 380. The normalized spacial score (nSPS) is 10.8. The van der Waals surface area contributed by atoms with Crippen LogP contribution < -0.4 is 16.2 Å². The van der Waals surface area contributed by atoms with Crippen molar-refractivity contribution in [2.24, 2.45) is 5.84 Å². The molecule has 0 aliphatic heterocycles. The number of nitrogen functional groups attached to an aromatic ring is 1. The number of hydrogen-bond acceptors (Lipinski definition) is 3. The number of nitrogens with zero attached hydrogens (tertiary/aromatic N) is 1. The van der Waals surface area contributed by atoms with Crippen molar-refractivity contribution >= 4 is 11.6 Å². The van der Waals surface area contributed by atoms with Gasteiger partial charge in [0.05, 0.1) is 11.3 Å². The Morgan fingerprint density at radius 2 is 1.71 bits per heavy atom. The van der Waals surface area contributed by atoms with E-state index in [1.54, 1.807) is 6.07 Å². The van der Waals surface area contributed by atoms with Crippen molar-refractivity contribution in [3.8, 4) is 0 Å². The highest BCUT2D eigenvalue weighted by Crippen LogP contribution is 2.24. The number of anilines is 1. The van der Waals surface area contributed by atoms with Gasteiger partial charge in [-0.25, -0.2) is 5.84 Å². The molecule has 0 saturated heterocycles. The van der Waals surface area contributed by atoms with Gasteiger partial charge in [0, 0.05) is 12.1 Å². The van der Waals surface area contributed by atoms with E-state index >= 15 is 0 Å². The lowest BCUT2D eigenvalue weighted by atomic mass is 10.1. The zero-order valence-corrected chi connectivity index (χ0v) is 10.9. The first-order chi connectivity index (χ1) is 7.99. The molecule has 0 aliphatic rings. The van der Waals surface area contributed by atoms with E-state index < -0.39 is 0 Å². The number of rotatable bonds is 4. The first-order valence-electron chi connectivity index (χ1n) is 5.87. The lowest BCUT2D eigenvalue weighted by molar-refractivity contribution is 0.0954. The van der Waals surface area contributed by atoms with E-state index in [4.69, 9.17) is 5.84 Å². The summed E-state index contributed by atoms with van der Waals surface area (Å²) in [7, 11) is 0. The highest BCUT2D eigenvalue weighted by atomic mass is 16.2. The van der Waals surface area contributed by atoms with Gasteiger partial charge in [-0.1, -0.05) is 12.1 Å². The summed E-state index contributed by atoms with van der Waals surface area (Å²) in [5.74, 6) is 4.95. The third-order valence-electron chi connectivity index (χ3n) is 2.67. The maximum absolute atomic E-state index is 11.7. The molecule has 0 fully saturated rings. The molecule has 0 radical (unpaired) electrons. The van der Waals surface area contributed by atoms with Gasteiger partial charge in [0.2, 0.25) is 0 Å². The molecule has 1 aromatic carbocycles. The first-order valence-corrected chi connectivity index (χ1v) is 5.87. The maximum Gasteiger partial charge on any atom is 0.267 e.